The van der Waals surface area contributed by atoms with Gasteiger partial charge in [-0.1, -0.05) is 0 Å². The van der Waals surface area contributed by atoms with Gasteiger partial charge in [-0.25, -0.2) is 17.2 Å². The molecule has 0 spiro atoms. The van der Waals surface area contributed by atoms with Gasteiger partial charge in [0.1, 0.15) is 17.4 Å². The molecule has 0 saturated carbocycles. The van der Waals surface area contributed by atoms with Crippen LogP contribution >= 0.6 is 0 Å². The minimum atomic E-state index is -4.08. The van der Waals surface area contributed by atoms with Gasteiger partial charge in [0, 0.05) is 20.2 Å². The summed E-state index contributed by atoms with van der Waals surface area (Å²) in [7, 11) is -0.892. The molecule has 0 radical (unpaired) electrons. The SMILES string of the molecule is Cc1cc(S(=O)(=O)Nc2ccc(F)cc2F)ccc1OCC(=O)N(C)C. The van der Waals surface area contributed by atoms with Crippen LogP contribution in [0.3, 0.4) is 0 Å². The van der Waals surface area contributed by atoms with E-state index in [-0.39, 0.29) is 23.1 Å². The smallest absolute Gasteiger partial charge is 0.262 e. The van der Waals surface area contributed by atoms with Crippen molar-refractivity contribution < 1.29 is 26.7 Å². The van der Waals surface area contributed by atoms with Gasteiger partial charge in [0.15, 0.2) is 6.61 Å². The summed E-state index contributed by atoms with van der Waals surface area (Å²) in [5.41, 5.74) is 0.125. The number of nitrogens with one attached hydrogen (secondary N) is 1. The summed E-state index contributed by atoms with van der Waals surface area (Å²) in [6.07, 6.45) is 0. The fourth-order valence-corrected chi connectivity index (χ4v) is 3.15. The standard InChI is InChI=1S/C17H18F2N2O4S/c1-11-8-13(5-7-16(11)25-10-17(22)21(2)3)26(23,24)20-15-6-4-12(18)9-14(15)19/h4-9,20H,10H2,1-3H3. The van der Waals surface area contributed by atoms with Crippen molar-refractivity contribution in [3.63, 3.8) is 0 Å². The maximum Gasteiger partial charge on any atom is 0.262 e. The Morgan fingerprint density at radius 1 is 1.15 bits per heavy atom. The number of halogens is 2. The molecule has 0 saturated heterocycles. The highest BCUT2D eigenvalue weighted by molar-refractivity contribution is 7.92. The van der Waals surface area contributed by atoms with Crippen LogP contribution in [0.1, 0.15) is 5.56 Å². The highest BCUT2D eigenvalue weighted by atomic mass is 32.2. The first kappa shape index (κ1) is 19.6. The molecule has 0 aliphatic heterocycles. The van der Waals surface area contributed by atoms with Crippen molar-refractivity contribution >= 4 is 21.6 Å². The van der Waals surface area contributed by atoms with Crippen LogP contribution in [0.25, 0.3) is 0 Å². The molecule has 2 rings (SSSR count). The van der Waals surface area contributed by atoms with E-state index < -0.39 is 21.7 Å². The van der Waals surface area contributed by atoms with Crippen molar-refractivity contribution in [2.45, 2.75) is 11.8 Å². The molecule has 0 unspecified atom stereocenters. The number of hydrogen-bond acceptors (Lipinski definition) is 4. The number of anilines is 1. The molecule has 0 bridgehead atoms. The lowest BCUT2D eigenvalue weighted by atomic mass is 10.2. The van der Waals surface area contributed by atoms with Crippen molar-refractivity contribution in [1.29, 1.82) is 0 Å². The lowest BCUT2D eigenvalue weighted by Crippen LogP contribution is -2.27. The average molecular weight is 384 g/mol. The van der Waals surface area contributed by atoms with Gasteiger partial charge in [-0.3, -0.25) is 9.52 Å². The van der Waals surface area contributed by atoms with Gasteiger partial charge < -0.3 is 9.64 Å². The summed E-state index contributed by atoms with van der Waals surface area (Å²) in [5, 5.41) is 0. The Kier molecular flexibility index (Phi) is 5.81. The first-order valence-electron chi connectivity index (χ1n) is 7.51. The lowest BCUT2D eigenvalue weighted by molar-refractivity contribution is -0.130. The van der Waals surface area contributed by atoms with E-state index in [9.17, 15) is 22.0 Å². The van der Waals surface area contributed by atoms with E-state index in [2.05, 4.69) is 4.72 Å². The van der Waals surface area contributed by atoms with Crippen molar-refractivity contribution in [1.82, 2.24) is 4.90 Å². The van der Waals surface area contributed by atoms with Gasteiger partial charge in [0.05, 0.1) is 10.6 Å². The highest BCUT2D eigenvalue weighted by Crippen LogP contribution is 2.24. The number of carbonyl (C=O) groups excluding carboxylic acids is 1. The number of sulfonamides is 1. The van der Waals surface area contributed by atoms with Crippen LogP contribution in [0.4, 0.5) is 14.5 Å². The quantitative estimate of drug-likeness (QED) is 0.831. The number of aryl methyl sites for hydroxylation is 1. The van der Waals surface area contributed by atoms with E-state index in [4.69, 9.17) is 4.74 Å². The Balaban J connectivity index is 2.19. The van der Waals surface area contributed by atoms with Gasteiger partial charge in [-0.2, -0.15) is 0 Å². The summed E-state index contributed by atoms with van der Waals surface area (Å²) in [6, 6.07) is 6.55. The molecule has 0 fully saturated rings. The number of carbonyl (C=O) groups is 1. The number of ether oxygens (including phenoxy) is 1. The van der Waals surface area contributed by atoms with E-state index in [0.717, 1.165) is 12.1 Å². The Bertz CT molecular complexity index is 930. The van der Waals surface area contributed by atoms with E-state index in [0.29, 0.717) is 17.4 Å². The third kappa shape index (κ3) is 4.69. The number of likely N-dealkylation sites (N-methyl/N-ethyl adjacent to an activating group) is 1. The summed E-state index contributed by atoms with van der Waals surface area (Å²) < 4.78 is 58.8. The number of amides is 1. The zero-order valence-corrected chi connectivity index (χ0v) is 15.2. The van der Waals surface area contributed by atoms with Gasteiger partial charge in [-0.05, 0) is 42.8 Å². The summed E-state index contributed by atoms with van der Waals surface area (Å²) in [5.74, 6) is -1.72. The van der Waals surface area contributed by atoms with Crippen molar-refractivity contribution in [3.05, 3.63) is 53.6 Å². The molecular formula is C17H18F2N2O4S. The molecule has 0 aliphatic carbocycles. The first-order chi connectivity index (χ1) is 12.1. The van der Waals surface area contributed by atoms with Gasteiger partial charge in [0.25, 0.3) is 15.9 Å². The third-order valence-electron chi connectivity index (χ3n) is 3.48. The topological polar surface area (TPSA) is 75.7 Å². The van der Waals surface area contributed by atoms with Crippen molar-refractivity contribution in [2.24, 2.45) is 0 Å². The van der Waals surface area contributed by atoms with Crippen molar-refractivity contribution in [3.8, 4) is 5.75 Å². The average Bonchev–Trinajstić information content (AvgIpc) is 2.55. The number of benzene rings is 2. The summed E-state index contributed by atoms with van der Waals surface area (Å²) >= 11 is 0. The van der Waals surface area contributed by atoms with Crippen LogP contribution in [0, 0.1) is 18.6 Å². The number of nitrogens with zero attached hydrogens (tertiary/aromatic N) is 1. The van der Waals surface area contributed by atoms with Crippen LogP contribution in [-0.2, 0) is 14.8 Å². The van der Waals surface area contributed by atoms with Crippen LogP contribution in [0.15, 0.2) is 41.3 Å². The third-order valence-corrected chi connectivity index (χ3v) is 4.85. The normalized spacial score (nSPS) is 11.1. The second kappa shape index (κ2) is 7.69. The number of rotatable bonds is 6. The lowest BCUT2D eigenvalue weighted by Gasteiger charge is -2.14. The number of hydrogen-bond donors (Lipinski definition) is 1. The van der Waals surface area contributed by atoms with Crippen LogP contribution in [-0.4, -0.2) is 39.9 Å². The largest absolute Gasteiger partial charge is 0.483 e. The van der Waals surface area contributed by atoms with Gasteiger partial charge in [-0.15, -0.1) is 0 Å². The molecule has 0 aliphatic rings. The molecule has 0 aromatic heterocycles. The predicted octanol–water partition coefficient (Wildman–Crippen LogP) is 2.54. The maximum atomic E-state index is 13.7. The molecule has 0 heterocycles. The first-order valence-corrected chi connectivity index (χ1v) is 9.00. The fraction of sp³-hybridized carbons (Fsp3) is 0.235. The van der Waals surface area contributed by atoms with Crippen molar-refractivity contribution in [2.75, 3.05) is 25.4 Å². The minimum Gasteiger partial charge on any atom is -0.483 e. The second-order valence-corrected chi connectivity index (χ2v) is 7.42. The predicted molar refractivity (Wildman–Crippen MR) is 92.5 cm³/mol. The zero-order chi connectivity index (χ0) is 19.5. The summed E-state index contributed by atoms with van der Waals surface area (Å²) in [6.45, 7) is 1.44. The van der Waals surface area contributed by atoms with Crippen LogP contribution < -0.4 is 9.46 Å². The Morgan fingerprint density at radius 3 is 2.42 bits per heavy atom. The molecule has 6 nitrogen and oxygen atoms in total. The van der Waals surface area contributed by atoms with Crippen LogP contribution in [0.5, 0.6) is 5.75 Å². The van der Waals surface area contributed by atoms with Gasteiger partial charge >= 0.3 is 0 Å². The molecule has 0 atom stereocenters. The molecule has 1 N–H and O–H groups in total. The van der Waals surface area contributed by atoms with E-state index >= 15 is 0 Å². The summed E-state index contributed by atoms with van der Waals surface area (Å²) in [4.78, 5) is 12.8. The van der Waals surface area contributed by atoms with E-state index in [1.54, 1.807) is 21.0 Å². The Labute approximate surface area is 150 Å². The molecule has 26 heavy (non-hydrogen) atoms. The maximum absolute atomic E-state index is 13.7. The monoisotopic (exact) mass is 384 g/mol. The zero-order valence-electron chi connectivity index (χ0n) is 14.4. The molecule has 140 valence electrons. The minimum absolute atomic E-state index is 0.120. The fourth-order valence-electron chi connectivity index (χ4n) is 2.00. The van der Waals surface area contributed by atoms with Crippen LogP contribution in [0.2, 0.25) is 0 Å². The molecule has 9 heteroatoms. The Morgan fingerprint density at radius 2 is 1.85 bits per heavy atom. The molecule has 2 aromatic carbocycles. The van der Waals surface area contributed by atoms with Gasteiger partial charge in [0.2, 0.25) is 0 Å². The highest BCUT2D eigenvalue weighted by Gasteiger charge is 2.18. The molecule has 2 aromatic rings. The van der Waals surface area contributed by atoms with E-state index in [1.807, 2.05) is 0 Å². The Hall–Kier alpha value is -2.68. The molecule has 1 amide bonds. The molecular weight excluding hydrogens is 366 g/mol. The van der Waals surface area contributed by atoms with E-state index in [1.165, 1.54) is 23.1 Å². The second-order valence-electron chi connectivity index (χ2n) is 5.73.